The average molecular weight is 342 g/mol. The zero-order valence-electron chi connectivity index (χ0n) is 15.2. The third-order valence-corrected chi connectivity index (χ3v) is 5.85. The zero-order valence-corrected chi connectivity index (χ0v) is 15.2. The number of hydrogen-bond acceptors (Lipinski definition) is 5. The molecule has 0 radical (unpaired) electrons. The van der Waals surface area contributed by atoms with Gasteiger partial charge in [-0.05, 0) is 50.7 Å². The summed E-state index contributed by atoms with van der Waals surface area (Å²) in [5, 5.41) is 12.7. The summed E-state index contributed by atoms with van der Waals surface area (Å²) in [6, 6.07) is 4.20. The summed E-state index contributed by atoms with van der Waals surface area (Å²) in [5.41, 5.74) is 0.761. The number of carbonyl (C=O) groups excluding carboxylic acids is 1. The van der Waals surface area contributed by atoms with E-state index in [0.29, 0.717) is 5.91 Å². The number of rotatable bonds is 3. The maximum atomic E-state index is 12.7. The van der Waals surface area contributed by atoms with E-state index in [9.17, 15) is 4.79 Å². The molecule has 0 atom stereocenters. The molecule has 7 heteroatoms. The van der Waals surface area contributed by atoms with Gasteiger partial charge in [0.1, 0.15) is 5.82 Å². The van der Waals surface area contributed by atoms with Crippen molar-refractivity contribution in [1.29, 1.82) is 0 Å². The maximum absolute atomic E-state index is 12.7. The second-order valence-corrected chi connectivity index (χ2v) is 7.67. The Morgan fingerprint density at radius 1 is 1.16 bits per heavy atom. The third-order valence-electron chi connectivity index (χ3n) is 5.85. The van der Waals surface area contributed by atoms with E-state index in [1.54, 1.807) is 4.52 Å². The summed E-state index contributed by atoms with van der Waals surface area (Å²) in [5.74, 6) is 3.03. The molecule has 0 N–H and O–H groups in total. The summed E-state index contributed by atoms with van der Waals surface area (Å²) >= 11 is 0. The number of aryl methyl sites for hydroxylation is 1. The number of carbonyl (C=O) groups is 1. The van der Waals surface area contributed by atoms with E-state index in [2.05, 4.69) is 27.1 Å². The highest BCUT2D eigenvalue weighted by Gasteiger charge is 2.36. The van der Waals surface area contributed by atoms with E-state index >= 15 is 0 Å². The summed E-state index contributed by atoms with van der Waals surface area (Å²) in [6.07, 6.45) is 4.46. The minimum absolute atomic E-state index is 0.226. The predicted molar refractivity (Wildman–Crippen MR) is 95.4 cm³/mol. The van der Waals surface area contributed by atoms with Crippen LogP contribution in [-0.4, -0.2) is 56.8 Å². The van der Waals surface area contributed by atoms with Crippen molar-refractivity contribution < 1.29 is 4.79 Å². The van der Waals surface area contributed by atoms with E-state index in [1.165, 1.54) is 12.8 Å². The molecule has 4 rings (SSSR count). The van der Waals surface area contributed by atoms with E-state index in [-0.39, 0.29) is 12.0 Å². The van der Waals surface area contributed by atoms with Crippen LogP contribution in [0.15, 0.2) is 12.1 Å². The fraction of sp³-hybridized carbons (Fsp3) is 0.667. The van der Waals surface area contributed by atoms with Crippen molar-refractivity contribution in [2.45, 2.75) is 45.6 Å². The van der Waals surface area contributed by atoms with Gasteiger partial charge in [0.25, 0.3) is 0 Å². The molecule has 0 aromatic carbocycles. The maximum Gasteiger partial charge on any atom is 0.225 e. The lowest BCUT2D eigenvalue weighted by atomic mass is 9.82. The van der Waals surface area contributed by atoms with Gasteiger partial charge in [-0.2, -0.15) is 4.52 Å². The standard InChI is InChI=1S/C18H26N6O/c1-12-4-6-14(7-5-12)18(25)22(3)15-10-23(11-15)17-9-8-16-20-19-13(2)24(16)21-17/h8-9,12,14-15H,4-7,10-11H2,1-3H3. The highest BCUT2D eigenvalue weighted by molar-refractivity contribution is 5.79. The van der Waals surface area contributed by atoms with Crippen LogP contribution in [0.25, 0.3) is 5.65 Å². The lowest BCUT2D eigenvalue weighted by Gasteiger charge is -2.45. The fourth-order valence-electron chi connectivity index (χ4n) is 3.92. The van der Waals surface area contributed by atoms with E-state index in [4.69, 9.17) is 0 Å². The molecule has 0 spiro atoms. The average Bonchev–Trinajstić information content (AvgIpc) is 2.94. The van der Waals surface area contributed by atoms with Crippen molar-refractivity contribution >= 4 is 17.4 Å². The quantitative estimate of drug-likeness (QED) is 0.852. The van der Waals surface area contributed by atoms with Gasteiger partial charge in [-0.25, -0.2) is 0 Å². The predicted octanol–water partition coefficient (Wildman–Crippen LogP) is 1.91. The molecule has 2 fully saturated rings. The van der Waals surface area contributed by atoms with Gasteiger partial charge in [-0.1, -0.05) is 6.92 Å². The second kappa shape index (κ2) is 6.28. The largest absolute Gasteiger partial charge is 0.351 e. The Bertz CT molecular complexity index is 773. The number of likely N-dealkylation sites (N-methyl/N-ethyl adjacent to an activating group) is 1. The van der Waals surface area contributed by atoms with E-state index in [0.717, 1.165) is 49.1 Å². The normalized spacial score (nSPS) is 24.4. The van der Waals surface area contributed by atoms with Gasteiger partial charge in [0.15, 0.2) is 11.5 Å². The first-order valence-electron chi connectivity index (χ1n) is 9.23. The smallest absolute Gasteiger partial charge is 0.225 e. The minimum Gasteiger partial charge on any atom is -0.351 e. The number of hydrogen-bond donors (Lipinski definition) is 0. The zero-order chi connectivity index (χ0) is 17.6. The highest BCUT2D eigenvalue weighted by Crippen LogP contribution is 2.31. The van der Waals surface area contributed by atoms with Gasteiger partial charge < -0.3 is 9.80 Å². The van der Waals surface area contributed by atoms with Crippen LogP contribution in [0.5, 0.6) is 0 Å². The Hall–Kier alpha value is -2.18. The first-order chi connectivity index (χ1) is 12.0. The topological polar surface area (TPSA) is 66.6 Å². The van der Waals surface area contributed by atoms with Gasteiger partial charge in [0, 0.05) is 26.1 Å². The summed E-state index contributed by atoms with van der Waals surface area (Å²) in [4.78, 5) is 16.9. The van der Waals surface area contributed by atoms with Crippen LogP contribution in [0.3, 0.4) is 0 Å². The Morgan fingerprint density at radius 3 is 2.60 bits per heavy atom. The monoisotopic (exact) mass is 342 g/mol. The Kier molecular flexibility index (Phi) is 4.09. The molecule has 1 saturated heterocycles. The third kappa shape index (κ3) is 2.96. The van der Waals surface area contributed by atoms with Crippen LogP contribution in [0.4, 0.5) is 5.82 Å². The molecule has 2 aromatic rings. The molecule has 1 aliphatic heterocycles. The molecule has 134 valence electrons. The summed E-state index contributed by atoms with van der Waals surface area (Å²) < 4.78 is 1.76. The van der Waals surface area contributed by atoms with Crippen LogP contribution >= 0.6 is 0 Å². The molecule has 1 saturated carbocycles. The molecule has 0 bridgehead atoms. The van der Waals surface area contributed by atoms with Gasteiger partial charge in [0.2, 0.25) is 5.91 Å². The Labute approximate surface area is 148 Å². The summed E-state index contributed by atoms with van der Waals surface area (Å²) in [7, 11) is 1.96. The number of aromatic nitrogens is 4. The molecule has 2 aromatic heterocycles. The Balaban J connectivity index is 1.37. The van der Waals surface area contributed by atoms with Crippen molar-refractivity contribution in [3.05, 3.63) is 18.0 Å². The highest BCUT2D eigenvalue weighted by atomic mass is 16.2. The molecule has 25 heavy (non-hydrogen) atoms. The van der Waals surface area contributed by atoms with Crippen molar-refractivity contribution in [3.8, 4) is 0 Å². The van der Waals surface area contributed by atoms with Crippen LogP contribution in [0.2, 0.25) is 0 Å². The molecule has 1 amide bonds. The molecule has 2 aliphatic rings. The van der Waals surface area contributed by atoms with Crippen molar-refractivity contribution in [2.24, 2.45) is 11.8 Å². The van der Waals surface area contributed by atoms with Crippen LogP contribution in [0.1, 0.15) is 38.4 Å². The van der Waals surface area contributed by atoms with Gasteiger partial charge >= 0.3 is 0 Å². The molecular formula is C18H26N6O. The van der Waals surface area contributed by atoms with Crippen LogP contribution in [-0.2, 0) is 4.79 Å². The van der Waals surface area contributed by atoms with Gasteiger partial charge in [0.05, 0.1) is 6.04 Å². The van der Waals surface area contributed by atoms with Crippen molar-refractivity contribution in [2.75, 3.05) is 25.0 Å². The van der Waals surface area contributed by atoms with Crippen molar-refractivity contribution in [3.63, 3.8) is 0 Å². The molecule has 3 heterocycles. The van der Waals surface area contributed by atoms with E-state index in [1.807, 2.05) is 31.0 Å². The van der Waals surface area contributed by atoms with E-state index < -0.39 is 0 Å². The van der Waals surface area contributed by atoms with Gasteiger partial charge in [-0.3, -0.25) is 4.79 Å². The Morgan fingerprint density at radius 2 is 1.88 bits per heavy atom. The first-order valence-corrected chi connectivity index (χ1v) is 9.23. The molecular weight excluding hydrogens is 316 g/mol. The van der Waals surface area contributed by atoms with Gasteiger partial charge in [-0.15, -0.1) is 15.3 Å². The minimum atomic E-state index is 0.226. The fourth-order valence-corrected chi connectivity index (χ4v) is 3.92. The SMILES string of the molecule is Cc1nnc2ccc(N3CC(N(C)C(=O)C4CCC(C)CC4)C3)nn12. The number of fused-ring (bicyclic) bond motifs is 1. The second-order valence-electron chi connectivity index (χ2n) is 7.67. The molecule has 7 nitrogen and oxygen atoms in total. The molecule has 1 aliphatic carbocycles. The van der Waals surface area contributed by atoms with Crippen LogP contribution < -0.4 is 4.90 Å². The summed E-state index contributed by atoms with van der Waals surface area (Å²) in [6.45, 7) is 5.86. The van der Waals surface area contributed by atoms with Crippen LogP contribution in [0, 0.1) is 18.8 Å². The lowest BCUT2D eigenvalue weighted by molar-refractivity contribution is -0.138. The van der Waals surface area contributed by atoms with Crippen molar-refractivity contribution in [1.82, 2.24) is 24.7 Å². The lowest BCUT2D eigenvalue weighted by Crippen LogP contribution is -2.61. The first kappa shape index (κ1) is 16.3. The number of anilines is 1. The number of amides is 1. The number of nitrogens with zero attached hydrogens (tertiary/aromatic N) is 6. The molecule has 0 unspecified atom stereocenters.